The van der Waals surface area contributed by atoms with Gasteiger partial charge in [-0.2, -0.15) is 0 Å². The average Bonchev–Trinajstić information content (AvgIpc) is 2.39. The Hall–Kier alpha value is -2.22. The van der Waals surface area contributed by atoms with E-state index < -0.39 is 0 Å². The van der Waals surface area contributed by atoms with Crippen LogP contribution in [0.4, 0.5) is 5.69 Å². The lowest BCUT2D eigenvalue weighted by atomic mass is 10.1. The van der Waals surface area contributed by atoms with Gasteiger partial charge in [-0.15, -0.1) is 0 Å². The number of para-hydroxylation sites is 1. The minimum Gasteiger partial charge on any atom is -0.496 e. The number of rotatable bonds is 3. The maximum atomic E-state index is 5.90. The summed E-state index contributed by atoms with van der Waals surface area (Å²) >= 11 is 0. The zero-order valence-corrected chi connectivity index (χ0v) is 9.76. The summed E-state index contributed by atoms with van der Waals surface area (Å²) in [7, 11) is 1.66. The first-order valence-corrected chi connectivity index (χ1v) is 5.47. The summed E-state index contributed by atoms with van der Waals surface area (Å²) in [6.45, 7) is 0. The van der Waals surface area contributed by atoms with Gasteiger partial charge < -0.3 is 10.5 Å². The number of hydrogen-bond donors (Lipinski definition) is 1. The lowest BCUT2D eigenvalue weighted by Gasteiger charge is -2.07. The molecule has 0 bridgehead atoms. The van der Waals surface area contributed by atoms with Crippen molar-refractivity contribution in [3.8, 4) is 0 Å². The maximum Gasteiger partial charge on any atom is 0.126 e. The van der Waals surface area contributed by atoms with Gasteiger partial charge in [-0.3, -0.25) is 0 Å². The molecule has 17 heavy (non-hydrogen) atoms. The van der Waals surface area contributed by atoms with E-state index in [4.69, 9.17) is 10.5 Å². The SMILES string of the molecule is CO/C(=C\c1ccccc1N)c1ccccc1. The van der Waals surface area contributed by atoms with Crippen molar-refractivity contribution in [3.05, 3.63) is 65.7 Å². The first-order chi connectivity index (χ1) is 8.31. The molecular weight excluding hydrogens is 210 g/mol. The fourth-order valence-electron chi connectivity index (χ4n) is 1.65. The van der Waals surface area contributed by atoms with Gasteiger partial charge in [-0.1, -0.05) is 48.5 Å². The summed E-state index contributed by atoms with van der Waals surface area (Å²) < 4.78 is 5.40. The molecule has 0 saturated heterocycles. The lowest BCUT2D eigenvalue weighted by molar-refractivity contribution is 0.372. The predicted molar refractivity (Wildman–Crippen MR) is 72.2 cm³/mol. The van der Waals surface area contributed by atoms with Crippen molar-refractivity contribution in [3.63, 3.8) is 0 Å². The summed E-state index contributed by atoms with van der Waals surface area (Å²) in [6.07, 6.45) is 1.95. The van der Waals surface area contributed by atoms with Gasteiger partial charge in [0, 0.05) is 16.8 Å². The third-order valence-corrected chi connectivity index (χ3v) is 2.56. The molecule has 2 aromatic rings. The van der Waals surface area contributed by atoms with Crippen LogP contribution in [0.2, 0.25) is 0 Å². The van der Waals surface area contributed by atoms with Crippen LogP contribution in [0.5, 0.6) is 0 Å². The first kappa shape index (κ1) is 11.3. The molecule has 0 aliphatic rings. The highest BCUT2D eigenvalue weighted by molar-refractivity contribution is 5.81. The number of nitrogen functional groups attached to an aromatic ring is 1. The van der Waals surface area contributed by atoms with Crippen LogP contribution < -0.4 is 5.73 Å². The predicted octanol–water partition coefficient (Wildman–Crippen LogP) is 3.41. The molecule has 0 saturated carbocycles. The zero-order valence-electron chi connectivity index (χ0n) is 9.76. The summed E-state index contributed by atoms with van der Waals surface area (Å²) in [5.41, 5.74) is 8.66. The summed E-state index contributed by atoms with van der Waals surface area (Å²) in [5, 5.41) is 0. The maximum absolute atomic E-state index is 5.90. The second-order valence-electron chi connectivity index (χ2n) is 3.71. The standard InChI is InChI=1S/C15H15NO/c1-17-15(12-7-3-2-4-8-12)11-13-9-5-6-10-14(13)16/h2-11H,16H2,1H3/b15-11-. The Morgan fingerprint density at radius 2 is 1.65 bits per heavy atom. The third kappa shape index (κ3) is 2.67. The number of anilines is 1. The van der Waals surface area contributed by atoms with Gasteiger partial charge >= 0.3 is 0 Å². The Balaban J connectivity index is 2.40. The highest BCUT2D eigenvalue weighted by Gasteiger charge is 2.02. The van der Waals surface area contributed by atoms with Gasteiger partial charge in [0.2, 0.25) is 0 Å². The van der Waals surface area contributed by atoms with Gasteiger partial charge in [0.25, 0.3) is 0 Å². The van der Waals surface area contributed by atoms with Crippen molar-refractivity contribution in [2.45, 2.75) is 0 Å². The second-order valence-corrected chi connectivity index (χ2v) is 3.71. The molecule has 2 aromatic carbocycles. The van der Waals surface area contributed by atoms with Crippen molar-refractivity contribution in [1.29, 1.82) is 0 Å². The minimum absolute atomic E-state index is 0.748. The van der Waals surface area contributed by atoms with E-state index in [-0.39, 0.29) is 0 Å². The molecule has 0 amide bonds. The van der Waals surface area contributed by atoms with Gasteiger partial charge in [0.15, 0.2) is 0 Å². The smallest absolute Gasteiger partial charge is 0.126 e. The largest absolute Gasteiger partial charge is 0.496 e. The van der Waals surface area contributed by atoms with E-state index in [2.05, 4.69) is 0 Å². The van der Waals surface area contributed by atoms with Gasteiger partial charge in [0.05, 0.1) is 7.11 Å². The molecule has 0 unspecified atom stereocenters. The highest BCUT2D eigenvalue weighted by Crippen LogP contribution is 2.21. The molecule has 0 fully saturated rings. The van der Waals surface area contributed by atoms with Crippen LogP contribution in [-0.2, 0) is 4.74 Å². The quantitative estimate of drug-likeness (QED) is 0.493. The minimum atomic E-state index is 0.748. The molecule has 0 aliphatic carbocycles. The van der Waals surface area contributed by atoms with E-state index in [1.165, 1.54) is 0 Å². The molecule has 86 valence electrons. The number of ether oxygens (including phenoxy) is 1. The molecule has 2 nitrogen and oxygen atoms in total. The summed E-state index contributed by atoms with van der Waals surface area (Å²) in [4.78, 5) is 0. The fraction of sp³-hybridized carbons (Fsp3) is 0.0667. The summed E-state index contributed by atoms with van der Waals surface area (Å²) in [5.74, 6) is 0.809. The first-order valence-electron chi connectivity index (χ1n) is 5.47. The van der Waals surface area contributed by atoms with Gasteiger partial charge in [-0.05, 0) is 12.1 Å². The topological polar surface area (TPSA) is 35.2 Å². The second kappa shape index (κ2) is 5.21. The van der Waals surface area contributed by atoms with Crippen LogP contribution in [0.1, 0.15) is 11.1 Å². The highest BCUT2D eigenvalue weighted by atomic mass is 16.5. The van der Waals surface area contributed by atoms with Crippen LogP contribution in [0, 0.1) is 0 Å². The molecule has 0 aromatic heterocycles. The molecular formula is C15H15NO. The molecule has 0 heterocycles. The molecule has 2 rings (SSSR count). The fourth-order valence-corrected chi connectivity index (χ4v) is 1.65. The molecule has 0 atom stereocenters. The van der Waals surface area contributed by atoms with Crippen molar-refractivity contribution in [2.75, 3.05) is 12.8 Å². The van der Waals surface area contributed by atoms with Crippen LogP contribution in [-0.4, -0.2) is 7.11 Å². The Morgan fingerprint density at radius 1 is 1.00 bits per heavy atom. The van der Waals surface area contributed by atoms with Gasteiger partial charge in [-0.25, -0.2) is 0 Å². The number of hydrogen-bond acceptors (Lipinski definition) is 2. The molecule has 0 aliphatic heterocycles. The Labute approximate surface area is 101 Å². The Kier molecular flexibility index (Phi) is 3.46. The van der Waals surface area contributed by atoms with Crippen LogP contribution >= 0.6 is 0 Å². The van der Waals surface area contributed by atoms with E-state index >= 15 is 0 Å². The van der Waals surface area contributed by atoms with Crippen molar-refractivity contribution in [1.82, 2.24) is 0 Å². The number of methoxy groups -OCH3 is 1. The monoisotopic (exact) mass is 225 g/mol. The van der Waals surface area contributed by atoms with Crippen LogP contribution in [0.3, 0.4) is 0 Å². The Morgan fingerprint density at radius 3 is 2.29 bits per heavy atom. The third-order valence-electron chi connectivity index (χ3n) is 2.56. The molecule has 2 N–H and O–H groups in total. The summed E-state index contributed by atoms with van der Waals surface area (Å²) in [6, 6.07) is 17.7. The number of benzene rings is 2. The average molecular weight is 225 g/mol. The van der Waals surface area contributed by atoms with Crippen molar-refractivity contribution < 1.29 is 4.74 Å². The molecule has 2 heteroatoms. The molecule has 0 spiro atoms. The number of nitrogens with two attached hydrogens (primary N) is 1. The van der Waals surface area contributed by atoms with E-state index in [0.717, 1.165) is 22.6 Å². The normalized spacial score (nSPS) is 11.2. The van der Waals surface area contributed by atoms with E-state index in [1.54, 1.807) is 7.11 Å². The van der Waals surface area contributed by atoms with Crippen molar-refractivity contribution in [2.24, 2.45) is 0 Å². The zero-order chi connectivity index (χ0) is 12.1. The van der Waals surface area contributed by atoms with Crippen molar-refractivity contribution >= 4 is 17.5 Å². The van der Waals surface area contributed by atoms with Crippen LogP contribution in [0.15, 0.2) is 54.6 Å². The van der Waals surface area contributed by atoms with Crippen LogP contribution in [0.25, 0.3) is 11.8 Å². The lowest BCUT2D eigenvalue weighted by Crippen LogP contribution is -1.91. The molecule has 0 radical (unpaired) electrons. The van der Waals surface area contributed by atoms with E-state index in [1.807, 2.05) is 60.7 Å². The van der Waals surface area contributed by atoms with Gasteiger partial charge in [0.1, 0.15) is 5.76 Å². The van der Waals surface area contributed by atoms with E-state index in [0.29, 0.717) is 0 Å². The van der Waals surface area contributed by atoms with E-state index in [9.17, 15) is 0 Å². The Bertz CT molecular complexity index is 517.